The molecule has 1 N–H and O–H groups in total. The van der Waals surface area contributed by atoms with Crippen LogP contribution in [0.2, 0.25) is 0 Å². The fourth-order valence-corrected chi connectivity index (χ4v) is 3.27. The third kappa shape index (κ3) is 4.23. The Balaban J connectivity index is 2.12. The third-order valence-electron chi connectivity index (χ3n) is 5.09. The number of rotatable bonds is 5. The number of carbonyl (C=O) groups excluding carboxylic acids is 1. The van der Waals surface area contributed by atoms with Gasteiger partial charge in [-0.15, -0.1) is 0 Å². The number of pyridine rings is 1. The molecule has 0 fully saturated rings. The first-order chi connectivity index (χ1) is 15.0. The van der Waals surface area contributed by atoms with E-state index in [1.165, 1.54) is 51.1 Å². The molecule has 8 nitrogen and oxygen atoms in total. The Bertz CT molecular complexity index is 1250. The van der Waals surface area contributed by atoms with Gasteiger partial charge in [-0.1, -0.05) is 0 Å². The van der Waals surface area contributed by atoms with E-state index in [0.717, 1.165) is 6.07 Å². The monoisotopic (exact) mass is 450 g/mol. The highest BCUT2D eigenvalue weighted by atomic mass is 19.4. The first-order valence-corrected chi connectivity index (χ1v) is 9.45. The van der Waals surface area contributed by atoms with Gasteiger partial charge in [-0.25, -0.2) is 14.8 Å². The lowest BCUT2D eigenvalue weighted by molar-refractivity contribution is -0.138. The number of halogens is 3. The van der Waals surface area contributed by atoms with Gasteiger partial charge < -0.3 is 14.8 Å². The lowest BCUT2D eigenvalue weighted by atomic mass is 9.98. The van der Waals surface area contributed by atoms with Gasteiger partial charge in [0, 0.05) is 19.3 Å². The van der Waals surface area contributed by atoms with Crippen molar-refractivity contribution in [1.29, 1.82) is 0 Å². The summed E-state index contributed by atoms with van der Waals surface area (Å²) in [7, 11) is 4.05. The molecule has 3 rings (SSSR count). The van der Waals surface area contributed by atoms with Crippen LogP contribution >= 0.6 is 0 Å². The van der Waals surface area contributed by atoms with Crippen molar-refractivity contribution in [2.45, 2.75) is 26.1 Å². The van der Waals surface area contributed by atoms with E-state index in [-0.39, 0.29) is 33.6 Å². The molecule has 0 bridgehead atoms. The Labute approximate surface area is 181 Å². The molecule has 0 aliphatic rings. The summed E-state index contributed by atoms with van der Waals surface area (Å²) in [6.07, 6.45) is -3.46. The molecule has 0 saturated carbocycles. The van der Waals surface area contributed by atoms with Gasteiger partial charge in [-0.05, 0) is 31.5 Å². The Kier molecular flexibility index (Phi) is 6.11. The predicted octanol–water partition coefficient (Wildman–Crippen LogP) is 3.62. The lowest BCUT2D eigenvalue weighted by Gasteiger charge is -2.22. The van der Waals surface area contributed by atoms with Gasteiger partial charge in [0.15, 0.2) is 11.6 Å². The van der Waals surface area contributed by atoms with Crippen molar-refractivity contribution in [2.75, 3.05) is 19.5 Å². The number of hydrogen-bond acceptors (Lipinski definition) is 7. The van der Waals surface area contributed by atoms with Crippen LogP contribution in [0.5, 0.6) is 5.75 Å². The van der Waals surface area contributed by atoms with Gasteiger partial charge in [-0.2, -0.15) is 13.2 Å². The van der Waals surface area contributed by atoms with Crippen LogP contribution in [0.3, 0.4) is 0 Å². The van der Waals surface area contributed by atoms with Crippen molar-refractivity contribution in [1.82, 2.24) is 14.5 Å². The maximum atomic E-state index is 13.9. The topological polar surface area (TPSA) is 95.3 Å². The summed E-state index contributed by atoms with van der Waals surface area (Å²) in [5.74, 6) is -0.0739. The highest BCUT2D eigenvalue weighted by molar-refractivity contribution is 5.90. The van der Waals surface area contributed by atoms with E-state index in [1.54, 1.807) is 6.92 Å². The minimum absolute atomic E-state index is 0.0352. The Morgan fingerprint density at radius 1 is 1.22 bits per heavy atom. The Hall–Kier alpha value is -3.63. The van der Waals surface area contributed by atoms with Gasteiger partial charge in [0.1, 0.15) is 5.82 Å². The van der Waals surface area contributed by atoms with Crippen molar-refractivity contribution < 1.29 is 27.4 Å². The van der Waals surface area contributed by atoms with E-state index in [1.807, 2.05) is 0 Å². The summed E-state index contributed by atoms with van der Waals surface area (Å²) in [6, 6.07) is 2.51. The first kappa shape index (κ1) is 23.0. The zero-order chi connectivity index (χ0) is 23.8. The summed E-state index contributed by atoms with van der Waals surface area (Å²) in [6.45, 7) is 3.04. The van der Waals surface area contributed by atoms with E-state index in [2.05, 4.69) is 20.0 Å². The number of methoxy groups -OCH3 is 2. The SMILES string of the molecule is COC(=O)c1cnc(NC(C)c2cc3c(=O)n(C)c(C)nc3cc2C(F)(F)F)c(OC)c1. The number of anilines is 1. The van der Waals surface area contributed by atoms with E-state index in [0.29, 0.717) is 5.82 Å². The van der Waals surface area contributed by atoms with E-state index in [9.17, 15) is 22.8 Å². The number of esters is 1. The standard InChI is InChI=1S/C21H21F3N4O4/c1-10(26-18-17(31-4)6-12(9-25-18)20(30)32-5)13-7-14-16(8-15(13)21(22,23)24)27-11(2)28(3)19(14)29/h6-10H,1-5H3,(H,25,26). The number of carbonyl (C=O) groups is 1. The molecule has 32 heavy (non-hydrogen) atoms. The van der Waals surface area contributed by atoms with Crippen LogP contribution in [0.4, 0.5) is 19.0 Å². The van der Waals surface area contributed by atoms with Crippen LogP contribution in [-0.4, -0.2) is 34.7 Å². The smallest absolute Gasteiger partial charge is 0.416 e. The second-order valence-electron chi connectivity index (χ2n) is 7.11. The number of nitrogens with zero attached hydrogens (tertiary/aromatic N) is 3. The summed E-state index contributed by atoms with van der Waals surface area (Å²) in [4.78, 5) is 32.5. The molecular formula is C21H21F3N4O4. The van der Waals surface area contributed by atoms with E-state index in [4.69, 9.17) is 4.74 Å². The minimum Gasteiger partial charge on any atom is -0.493 e. The zero-order valence-corrected chi connectivity index (χ0v) is 18.0. The van der Waals surface area contributed by atoms with Gasteiger partial charge in [-0.3, -0.25) is 9.36 Å². The third-order valence-corrected chi connectivity index (χ3v) is 5.09. The maximum absolute atomic E-state index is 13.9. The molecule has 11 heteroatoms. The van der Waals surface area contributed by atoms with Crippen LogP contribution in [-0.2, 0) is 18.0 Å². The number of benzene rings is 1. The first-order valence-electron chi connectivity index (χ1n) is 9.45. The van der Waals surface area contributed by atoms with Crippen LogP contribution in [0.1, 0.15) is 40.3 Å². The molecule has 1 unspecified atom stereocenters. The minimum atomic E-state index is -4.68. The number of nitrogens with one attached hydrogen (secondary N) is 1. The molecule has 2 aromatic heterocycles. The molecule has 0 aliphatic heterocycles. The number of aromatic nitrogens is 3. The molecule has 170 valence electrons. The molecule has 0 spiro atoms. The maximum Gasteiger partial charge on any atom is 0.416 e. The molecule has 3 aromatic rings. The molecule has 1 aromatic carbocycles. The molecule has 0 aliphatic carbocycles. The molecule has 1 atom stereocenters. The summed E-state index contributed by atoms with van der Waals surface area (Å²) >= 11 is 0. The van der Waals surface area contributed by atoms with Crippen LogP contribution in [0.15, 0.2) is 29.2 Å². The normalized spacial score (nSPS) is 12.5. The highest BCUT2D eigenvalue weighted by Gasteiger charge is 2.35. The summed E-state index contributed by atoms with van der Waals surface area (Å²) in [5.41, 5.74) is -1.45. The lowest BCUT2D eigenvalue weighted by Crippen LogP contribution is -2.23. The number of fused-ring (bicyclic) bond motifs is 1. The fourth-order valence-electron chi connectivity index (χ4n) is 3.27. The molecule has 2 heterocycles. The second kappa shape index (κ2) is 8.48. The molecule has 0 radical (unpaired) electrons. The van der Waals surface area contributed by atoms with Crippen molar-refractivity contribution in [3.05, 3.63) is 57.3 Å². The van der Waals surface area contributed by atoms with Gasteiger partial charge in [0.2, 0.25) is 0 Å². The van der Waals surface area contributed by atoms with Crippen LogP contribution in [0.25, 0.3) is 10.9 Å². The van der Waals surface area contributed by atoms with Crippen molar-refractivity contribution >= 4 is 22.7 Å². The Morgan fingerprint density at radius 3 is 2.50 bits per heavy atom. The largest absolute Gasteiger partial charge is 0.493 e. The molecule has 0 amide bonds. The molecule has 0 saturated heterocycles. The number of hydrogen-bond donors (Lipinski definition) is 1. The van der Waals surface area contributed by atoms with E-state index >= 15 is 0 Å². The average molecular weight is 450 g/mol. The predicted molar refractivity (Wildman–Crippen MR) is 111 cm³/mol. The number of ether oxygens (including phenoxy) is 2. The second-order valence-corrected chi connectivity index (χ2v) is 7.11. The van der Waals surface area contributed by atoms with Crippen molar-refractivity contribution in [3.8, 4) is 5.75 Å². The average Bonchev–Trinajstić information content (AvgIpc) is 2.75. The molecular weight excluding hydrogens is 429 g/mol. The van der Waals surface area contributed by atoms with Gasteiger partial charge in [0.25, 0.3) is 5.56 Å². The van der Waals surface area contributed by atoms with Crippen LogP contribution < -0.4 is 15.6 Å². The quantitative estimate of drug-likeness (QED) is 0.593. The number of alkyl halides is 3. The zero-order valence-electron chi connectivity index (χ0n) is 18.0. The summed E-state index contributed by atoms with van der Waals surface area (Å²) in [5, 5.41) is 2.93. The van der Waals surface area contributed by atoms with Gasteiger partial charge in [0.05, 0.1) is 42.3 Å². The van der Waals surface area contributed by atoms with Crippen molar-refractivity contribution in [2.24, 2.45) is 7.05 Å². The highest BCUT2D eigenvalue weighted by Crippen LogP contribution is 2.38. The van der Waals surface area contributed by atoms with Gasteiger partial charge >= 0.3 is 12.1 Å². The van der Waals surface area contributed by atoms with E-state index < -0.39 is 29.3 Å². The Morgan fingerprint density at radius 2 is 1.91 bits per heavy atom. The fraction of sp³-hybridized carbons (Fsp3) is 0.333. The van der Waals surface area contributed by atoms with Crippen LogP contribution in [0, 0.1) is 6.92 Å². The summed E-state index contributed by atoms with van der Waals surface area (Å²) < 4.78 is 52.7. The van der Waals surface area contributed by atoms with Crippen molar-refractivity contribution in [3.63, 3.8) is 0 Å². The number of aryl methyl sites for hydroxylation is 1.